The SMILES string of the molecule is CC(=O)O[C@@]12CO[C@@H]1C[C@H](OC(=O)OCC(Cl)(Cl)Cl)[C@@]1(C)C(=O)[C@H](OC(=O)OCC(Cl)(Cl)Cl)C3=C(C)[C@@H](OC(=O)[C@H](O)[C@@H](NC(=S)NC(C)(C)C)C(C)(C)C)C[C@@](O)([C@@H](OC(=O)c4ccccc4)[C@H]21)C3(C)C. The molecule has 2 saturated carbocycles. The van der Waals surface area contributed by atoms with E-state index in [4.69, 9.17) is 120 Å². The van der Waals surface area contributed by atoms with E-state index in [2.05, 4.69) is 10.6 Å². The third-order valence-corrected chi connectivity index (χ3v) is 14.4. The Labute approximate surface area is 452 Å². The van der Waals surface area contributed by atoms with Gasteiger partial charge in [-0.1, -0.05) is 122 Å². The second kappa shape index (κ2) is 21.5. The first kappa shape index (κ1) is 59.8. The lowest BCUT2D eigenvalue weighted by molar-refractivity contribution is -0.346. The first-order valence-electron chi connectivity index (χ1n) is 22.6. The second-order valence-corrected chi connectivity index (χ2v) is 26.7. The quantitative estimate of drug-likeness (QED) is 0.0545. The topological polar surface area (TPSA) is 241 Å². The molecular weight excluding hydrogens is 1090 g/mol. The maximum absolute atomic E-state index is 16.3. The van der Waals surface area contributed by atoms with Crippen molar-refractivity contribution in [1.82, 2.24) is 10.6 Å². The lowest BCUT2D eigenvalue weighted by atomic mass is 9.44. The molecule has 3 fully saturated rings. The number of Topliss-reactive ketones (excluding diaryl/α,β-unsaturated/α-hetero) is 1. The van der Waals surface area contributed by atoms with Gasteiger partial charge in [-0.3, -0.25) is 9.59 Å². The number of carbonyl (C=O) groups excluding carboxylic acids is 6. The summed E-state index contributed by atoms with van der Waals surface area (Å²) in [4.78, 5) is 86.1. The van der Waals surface area contributed by atoms with Crippen molar-refractivity contribution >= 4 is 123 Å². The molecule has 4 aliphatic rings. The summed E-state index contributed by atoms with van der Waals surface area (Å²) in [6.07, 6.45) is -14.9. The highest BCUT2D eigenvalue weighted by Crippen LogP contribution is 2.65. The van der Waals surface area contributed by atoms with Crippen molar-refractivity contribution in [2.45, 2.75) is 156 Å². The summed E-state index contributed by atoms with van der Waals surface area (Å²) in [6, 6.07) is 6.48. The maximum atomic E-state index is 16.3. The number of alkyl halides is 6. The fraction of sp³-hybridized carbons (Fsp3) is 0.681. The molecule has 0 aromatic heterocycles. The van der Waals surface area contributed by atoms with Gasteiger partial charge in [-0.05, 0) is 75.5 Å². The van der Waals surface area contributed by atoms with Crippen molar-refractivity contribution in [2.75, 3.05) is 19.8 Å². The number of thiocarbonyl (C=S) groups is 1. The van der Waals surface area contributed by atoms with Crippen LogP contribution in [0.5, 0.6) is 0 Å². The van der Waals surface area contributed by atoms with Gasteiger partial charge in [0.25, 0.3) is 0 Å². The number of hydrogen-bond donors (Lipinski definition) is 4. The molecule has 2 bridgehead atoms. The predicted molar refractivity (Wildman–Crippen MR) is 268 cm³/mol. The van der Waals surface area contributed by atoms with Crippen molar-refractivity contribution in [3.63, 3.8) is 0 Å². The Morgan fingerprint density at radius 3 is 1.92 bits per heavy atom. The van der Waals surface area contributed by atoms with Gasteiger partial charge in [0.05, 0.1) is 29.5 Å². The standard InChI is InChI=1S/C47H60Cl6N2O16S/c1-22-25(67-36(60)29(57)32(40(3,4)5)54-37(72)55-41(6,7)8)18-45(63)34(70-35(59)24-15-13-12-14-16-24)31-43(11,33(58)30(28(22)42(45,9)10)69-39(62)66-21-47(51,52)53)26(68-38(61)65-20-46(48,49)50)17-27-44(31,19-64-27)71-23(2)56/h12-16,25-27,29-32,34,57,63H,17-21H2,1-11H3,(H2,54,55,72)/t25-,26-,27+,29+,30+,31-,32+,34-,43+,44-,45+/m0/s1. The van der Waals surface area contributed by atoms with Crippen molar-refractivity contribution < 1.29 is 76.9 Å². The summed E-state index contributed by atoms with van der Waals surface area (Å²) in [5, 5.41) is 32.1. The Balaban J connectivity index is 1.82. The number of aliphatic hydroxyl groups excluding tert-OH is 1. The summed E-state index contributed by atoms with van der Waals surface area (Å²) < 4.78 is 42.6. The molecule has 1 saturated heterocycles. The number of ketones is 1. The van der Waals surface area contributed by atoms with Gasteiger partial charge >= 0.3 is 30.2 Å². The molecule has 4 N–H and O–H groups in total. The van der Waals surface area contributed by atoms with Crippen LogP contribution in [0.2, 0.25) is 0 Å². The van der Waals surface area contributed by atoms with Gasteiger partial charge in [-0.25, -0.2) is 19.2 Å². The number of ether oxygens (including phenoxy) is 8. The summed E-state index contributed by atoms with van der Waals surface area (Å²) in [6.45, 7) is 15.3. The van der Waals surface area contributed by atoms with E-state index in [0.717, 1.165) is 6.92 Å². The average molecular weight is 1150 g/mol. The van der Waals surface area contributed by atoms with Crippen LogP contribution in [0.4, 0.5) is 9.59 Å². The molecule has 1 heterocycles. The molecule has 3 aliphatic carbocycles. The first-order valence-corrected chi connectivity index (χ1v) is 25.3. The van der Waals surface area contributed by atoms with Crippen LogP contribution >= 0.6 is 81.8 Å². The molecule has 1 aliphatic heterocycles. The number of nitrogens with one attached hydrogen (secondary N) is 2. The number of aliphatic hydroxyl groups is 2. The molecule has 1 aromatic carbocycles. The lowest BCUT2D eigenvalue weighted by Crippen LogP contribution is -2.82. The van der Waals surface area contributed by atoms with Gasteiger partial charge in [0.2, 0.25) is 7.59 Å². The van der Waals surface area contributed by atoms with Gasteiger partial charge in [0.15, 0.2) is 28.7 Å². The number of benzene rings is 1. The highest BCUT2D eigenvalue weighted by molar-refractivity contribution is 7.80. The van der Waals surface area contributed by atoms with Gasteiger partial charge < -0.3 is 58.7 Å². The zero-order chi connectivity index (χ0) is 54.5. The summed E-state index contributed by atoms with van der Waals surface area (Å²) >= 11 is 40.9. The van der Waals surface area contributed by atoms with Crippen LogP contribution in [0.15, 0.2) is 41.5 Å². The fourth-order valence-electron chi connectivity index (χ4n) is 10.2. The minimum atomic E-state index is -2.59. The smallest absolute Gasteiger partial charge is 0.456 e. The van der Waals surface area contributed by atoms with Crippen molar-refractivity contribution in [3.05, 3.63) is 47.0 Å². The number of halogens is 6. The molecule has 5 rings (SSSR count). The molecule has 1 aromatic rings. The monoisotopic (exact) mass is 1150 g/mol. The van der Waals surface area contributed by atoms with Crippen LogP contribution in [-0.4, -0.2) is 138 Å². The Hall–Kier alpha value is -3.11. The zero-order valence-corrected chi connectivity index (χ0v) is 46.7. The van der Waals surface area contributed by atoms with Crippen LogP contribution < -0.4 is 10.6 Å². The van der Waals surface area contributed by atoms with Gasteiger partial charge in [0.1, 0.15) is 43.2 Å². The minimum absolute atomic E-state index is 0.0213. The Kier molecular flexibility index (Phi) is 17.8. The molecule has 402 valence electrons. The van der Waals surface area contributed by atoms with E-state index in [1.54, 1.807) is 39.0 Å². The van der Waals surface area contributed by atoms with Crippen LogP contribution in [0, 0.1) is 22.2 Å². The molecule has 0 radical (unpaired) electrons. The van der Waals surface area contributed by atoms with E-state index in [-0.39, 0.29) is 21.8 Å². The van der Waals surface area contributed by atoms with E-state index in [9.17, 15) is 34.2 Å². The van der Waals surface area contributed by atoms with Crippen molar-refractivity contribution in [3.8, 4) is 0 Å². The molecule has 0 spiro atoms. The normalized spacial score (nSPS) is 30.0. The Bertz CT molecular complexity index is 2320. The Morgan fingerprint density at radius 2 is 1.43 bits per heavy atom. The molecule has 0 amide bonds. The highest BCUT2D eigenvalue weighted by Gasteiger charge is 2.79. The fourth-order valence-corrected chi connectivity index (χ4v) is 11.0. The largest absolute Gasteiger partial charge is 0.509 e. The van der Waals surface area contributed by atoms with Crippen LogP contribution in [0.1, 0.15) is 99.4 Å². The first-order chi connectivity index (χ1) is 32.8. The van der Waals surface area contributed by atoms with Crippen molar-refractivity contribution in [1.29, 1.82) is 0 Å². The summed E-state index contributed by atoms with van der Waals surface area (Å²) in [5.74, 6) is -6.08. The third kappa shape index (κ3) is 12.8. The number of hydrogen-bond acceptors (Lipinski definition) is 17. The number of carbonyl (C=O) groups is 6. The second-order valence-electron chi connectivity index (χ2n) is 21.2. The molecule has 72 heavy (non-hydrogen) atoms. The molecule has 18 nitrogen and oxygen atoms in total. The van der Waals surface area contributed by atoms with Gasteiger partial charge in [-0.2, -0.15) is 0 Å². The van der Waals surface area contributed by atoms with E-state index in [1.165, 1.54) is 39.8 Å². The third-order valence-electron chi connectivity index (χ3n) is 13.6. The van der Waals surface area contributed by atoms with E-state index in [1.807, 2.05) is 20.8 Å². The van der Waals surface area contributed by atoms with Crippen LogP contribution in [-0.2, 0) is 52.3 Å². The van der Waals surface area contributed by atoms with Crippen LogP contribution in [0.3, 0.4) is 0 Å². The predicted octanol–water partition coefficient (Wildman–Crippen LogP) is 7.73. The van der Waals surface area contributed by atoms with Crippen molar-refractivity contribution in [2.24, 2.45) is 22.2 Å². The minimum Gasteiger partial charge on any atom is -0.456 e. The average Bonchev–Trinajstić information content (AvgIpc) is 3.23. The van der Waals surface area contributed by atoms with E-state index in [0.29, 0.717) is 0 Å². The molecule has 25 heteroatoms. The molecule has 0 unspecified atom stereocenters. The number of esters is 3. The van der Waals surface area contributed by atoms with E-state index >= 15 is 4.79 Å². The van der Waals surface area contributed by atoms with Crippen LogP contribution in [0.25, 0.3) is 0 Å². The lowest BCUT2D eigenvalue weighted by Gasteiger charge is -2.67. The van der Waals surface area contributed by atoms with E-state index < -0.39 is 158 Å². The zero-order valence-electron chi connectivity index (χ0n) is 41.3. The maximum Gasteiger partial charge on any atom is 0.509 e. The number of fused-ring (bicyclic) bond motifs is 5. The summed E-state index contributed by atoms with van der Waals surface area (Å²) in [7, 11) is 0. The van der Waals surface area contributed by atoms with Gasteiger partial charge in [-0.15, -0.1) is 0 Å². The van der Waals surface area contributed by atoms with Gasteiger partial charge in [0, 0.05) is 30.7 Å². The molecular formula is C47H60Cl6N2O16S. The summed E-state index contributed by atoms with van der Waals surface area (Å²) in [5.41, 5.74) is -10.5. The molecule has 11 atom stereocenters. The Morgan fingerprint density at radius 1 is 0.875 bits per heavy atom. The number of rotatable bonds is 11. The highest BCUT2D eigenvalue weighted by atomic mass is 35.6.